The minimum Gasteiger partial charge on any atom is -0.354 e. The van der Waals surface area contributed by atoms with Gasteiger partial charge in [0.15, 0.2) is 0 Å². The molecule has 0 aromatic carbocycles. The first kappa shape index (κ1) is 10.0. The number of rotatable bonds is 4. The van der Waals surface area contributed by atoms with Crippen LogP contribution in [0.4, 0.5) is 0 Å². The molecule has 72 valence electrons. The molecular formula is C9H15N3O. The molecule has 0 aromatic heterocycles. The SMILES string of the molecule is CCC(CC#N)NC1CNC(=O)C1. The molecule has 1 rings (SSSR count). The Labute approximate surface area is 78.3 Å². The van der Waals surface area contributed by atoms with E-state index in [1.54, 1.807) is 0 Å². The summed E-state index contributed by atoms with van der Waals surface area (Å²) in [5.41, 5.74) is 0. The molecule has 0 radical (unpaired) electrons. The van der Waals surface area contributed by atoms with Crippen LogP contribution in [-0.4, -0.2) is 24.5 Å². The van der Waals surface area contributed by atoms with Crippen LogP contribution in [-0.2, 0) is 4.79 Å². The van der Waals surface area contributed by atoms with Crippen LogP contribution in [0.1, 0.15) is 26.2 Å². The van der Waals surface area contributed by atoms with Gasteiger partial charge >= 0.3 is 0 Å². The van der Waals surface area contributed by atoms with E-state index in [0.717, 1.165) is 6.42 Å². The second-order valence-corrected chi connectivity index (χ2v) is 3.34. The standard InChI is InChI=1S/C9H15N3O/c1-2-7(3-4-10)12-8-5-9(13)11-6-8/h7-8,12H,2-3,5-6H2,1H3,(H,11,13). The summed E-state index contributed by atoms with van der Waals surface area (Å²) in [4.78, 5) is 10.9. The minimum absolute atomic E-state index is 0.101. The summed E-state index contributed by atoms with van der Waals surface area (Å²) in [6.07, 6.45) is 1.99. The number of hydrogen-bond acceptors (Lipinski definition) is 3. The van der Waals surface area contributed by atoms with Gasteiger partial charge in [-0.2, -0.15) is 5.26 Å². The molecule has 2 unspecified atom stereocenters. The summed E-state index contributed by atoms with van der Waals surface area (Å²) in [5, 5.41) is 14.6. The molecule has 2 N–H and O–H groups in total. The van der Waals surface area contributed by atoms with E-state index in [9.17, 15) is 4.79 Å². The van der Waals surface area contributed by atoms with Gasteiger partial charge in [-0.05, 0) is 6.42 Å². The first-order valence-corrected chi connectivity index (χ1v) is 4.66. The smallest absolute Gasteiger partial charge is 0.221 e. The van der Waals surface area contributed by atoms with Gasteiger partial charge in [-0.25, -0.2) is 0 Å². The average Bonchev–Trinajstić information content (AvgIpc) is 2.50. The Morgan fingerprint density at radius 1 is 1.85 bits per heavy atom. The summed E-state index contributed by atoms with van der Waals surface area (Å²) < 4.78 is 0. The van der Waals surface area contributed by atoms with Crippen molar-refractivity contribution in [2.75, 3.05) is 6.54 Å². The molecule has 2 atom stereocenters. The summed E-state index contributed by atoms with van der Waals surface area (Å²) >= 11 is 0. The number of carbonyl (C=O) groups excluding carboxylic acids is 1. The van der Waals surface area contributed by atoms with Crippen LogP contribution < -0.4 is 10.6 Å². The van der Waals surface area contributed by atoms with E-state index in [0.29, 0.717) is 19.4 Å². The fraction of sp³-hybridized carbons (Fsp3) is 0.778. The maximum absolute atomic E-state index is 10.9. The minimum atomic E-state index is 0.101. The van der Waals surface area contributed by atoms with Crippen LogP contribution in [0.3, 0.4) is 0 Å². The molecule has 1 heterocycles. The van der Waals surface area contributed by atoms with Crippen LogP contribution in [0.5, 0.6) is 0 Å². The normalized spacial score (nSPS) is 23.7. The molecule has 1 amide bonds. The molecule has 1 aliphatic heterocycles. The van der Waals surface area contributed by atoms with E-state index in [1.165, 1.54) is 0 Å². The van der Waals surface area contributed by atoms with Crippen molar-refractivity contribution in [2.45, 2.75) is 38.3 Å². The zero-order chi connectivity index (χ0) is 9.68. The van der Waals surface area contributed by atoms with E-state index in [4.69, 9.17) is 5.26 Å². The lowest BCUT2D eigenvalue weighted by Gasteiger charge is -2.17. The van der Waals surface area contributed by atoms with Crippen LogP contribution >= 0.6 is 0 Å². The van der Waals surface area contributed by atoms with E-state index in [2.05, 4.69) is 16.7 Å². The Morgan fingerprint density at radius 2 is 2.62 bits per heavy atom. The maximum atomic E-state index is 10.9. The highest BCUT2D eigenvalue weighted by Gasteiger charge is 2.22. The highest BCUT2D eigenvalue weighted by Crippen LogP contribution is 2.04. The van der Waals surface area contributed by atoms with Gasteiger partial charge in [-0.15, -0.1) is 0 Å². The van der Waals surface area contributed by atoms with Crippen LogP contribution in [0.2, 0.25) is 0 Å². The Bertz CT molecular complexity index is 221. The molecular weight excluding hydrogens is 166 g/mol. The summed E-state index contributed by atoms with van der Waals surface area (Å²) in [6.45, 7) is 2.74. The molecule has 1 fully saturated rings. The number of hydrogen-bond donors (Lipinski definition) is 2. The van der Waals surface area contributed by atoms with Crippen molar-refractivity contribution >= 4 is 5.91 Å². The second-order valence-electron chi connectivity index (χ2n) is 3.34. The zero-order valence-corrected chi connectivity index (χ0v) is 7.84. The molecule has 1 saturated heterocycles. The monoisotopic (exact) mass is 181 g/mol. The lowest BCUT2D eigenvalue weighted by molar-refractivity contribution is -0.119. The summed E-state index contributed by atoms with van der Waals surface area (Å²) in [6, 6.07) is 2.57. The molecule has 0 saturated carbocycles. The fourth-order valence-electron chi connectivity index (χ4n) is 1.49. The maximum Gasteiger partial charge on any atom is 0.221 e. The molecule has 4 heteroatoms. The number of nitrogens with zero attached hydrogens (tertiary/aromatic N) is 1. The third kappa shape index (κ3) is 3.03. The molecule has 1 aliphatic rings. The first-order chi connectivity index (χ1) is 6.26. The lowest BCUT2D eigenvalue weighted by atomic mass is 10.1. The van der Waals surface area contributed by atoms with Crippen molar-refractivity contribution in [1.29, 1.82) is 5.26 Å². The van der Waals surface area contributed by atoms with Gasteiger partial charge in [-0.3, -0.25) is 4.79 Å². The molecule has 0 spiro atoms. The molecule has 0 aliphatic carbocycles. The van der Waals surface area contributed by atoms with Gasteiger partial charge in [0.05, 0.1) is 12.5 Å². The van der Waals surface area contributed by atoms with Gasteiger partial charge in [0.25, 0.3) is 0 Å². The average molecular weight is 181 g/mol. The Morgan fingerprint density at radius 3 is 3.08 bits per heavy atom. The van der Waals surface area contributed by atoms with Gasteiger partial charge in [-0.1, -0.05) is 6.92 Å². The fourth-order valence-corrected chi connectivity index (χ4v) is 1.49. The number of amides is 1. The summed E-state index contributed by atoms with van der Waals surface area (Å²) in [5.74, 6) is 0.101. The van der Waals surface area contributed by atoms with Crippen LogP contribution in [0.15, 0.2) is 0 Å². The summed E-state index contributed by atoms with van der Waals surface area (Å²) in [7, 11) is 0. The first-order valence-electron chi connectivity index (χ1n) is 4.66. The molecule has 13 heavy (non-hydrogen) atoms. The quantitative estimate of drug-likeness (QED) is 0.649. The van der Waals surface area contributed by atoms with Crippen molar-refractivity contribution in [3.05, 3.63) is 0 Å². The number of carbonyl (C=O) groups is 1. The van der Waals surface area contributed by atoms with Crippen molar-refractivity contribution in [3.8, 4) is 6.07 Å². The van der Waals surface area contributed by atoms with Gasteiger partial charge in [0.1, 0.15) is 0 Å². The second kappa shape index (κ2) is 4.83. The van der Waals surface area contributed by atoms with Gasteiger partial charge in [0, 0.05) is 25.0 Å². The highest BCUT2D eigenvalue weighted by molar-refractivity contribution is 5.78. The number of nitriles is 1. The molecule has 0 aromatic rings. The van der Waals surface area contributed by atoms with E-state index >= 15 is 0 Å². The topological polar surface area (TPSA) is 64.9 Å². The third-order valence-corrected chi connectivity index (χ3v) is 2.28. The highest BCUT2D eigenvalue weighted by atomic mass is 16.1. The van der Waals surface area contributed by atoms with Crippen molar-refractivity contribution in [1.82, 2.24) is 10.6 Å². The van der Waals surface area contributed by atoms with E-state index in [-0.39, 0.29) is 18.0 Å². The van der Waals surface area contributed by atoms with Crippen LogP contribution in [0.25, 0.3) is 0 Å². The largest absolute Gasteiger partial charge is 0.354 e. The van der Waals surface area contributed by atoms with Gasteiger partial charge < -0.3 is 10.6 Å². The van der Waals surface area contributed by atoms with Gasteiger partial charge in [0.2, 0.25) is 5.91 Å². The van der Waals surface area contributed by atoms with Crippen molar-refractivity contribution in [2.24, 2.45) is 0 Å². The predicted molar refractivity (Wildman–Crippen MR) is 48.9 cm³/mol. The Balaban J connectivity index is 2.30. The van der Waals surface area contributed by atoms with E-state index < -0.39 is 0 Å². The Hall–Kier alpha value is -1.08. The Kier molecular flexibility index (Phi) is 3.71. The predicted octanol–water partition coefficient (Wildman–Crippen LogP) is 0.157. The third-order valence-electron chi connectivity index (χ3n) is 2.28. The number of nitrogens with one attached hydrogen (secondary N) is 2. The van der Waals surface area contributed by atoms with Crippen LogP contribution in [0, 0.1) is 11.3 Å². The molecule has 0 bridgehead atoms. The molecule has 4 nitrogen and oxygen atoms in total. The van der Waals surface area contributed by atoms with Crippen molar-refractivity contribution < 1.29 is 4.79 Å². The zero-order valence-electron chi connectivity index (χ0n) is 7.84. The lowest BCUT2D eigenvalue weighted by Crippen LogP contribution is -2.39. The van der Waals surface area contributed by atoms with Crippen molar-refractivity contribution in [3.63, 3.8) is 0 Å². The van der Waals surface area contributed by atoms with E-state index in [1.807, 2.05) is 6.92 Å².